The first-order valence-corrected chi connectivity index (χ1v) is 7.42. The molecule has 23 heavy (non-hydrogen) atoms. The summed E-state index contributed by atoms with van der Waals surface area (Å²) < 4.78 is 53.8. The van der Waals surface area contributed by atoms with Crippen molar-refractivity contribution in [3.63, 3.8) is 0 Å². The summed E-state index contributed by atoms with van der Waals surface area (Å²) >= 11 is 0. The van der Waals surface area contributed by atoms with E-state index in [2.05, 4.69) is 10.3 Å². The summed E-state index contributed by atoms with van der Waals surface area (Å²) in [6.07, 6.45) is 1.99. The molecular formula is C14H16F4N4O. The molecule has 1 saturated heterocycles. The second-order valence-corrected chi connectivity index (χ2v) is 5.77. The molecule has 0 aromatic carbocycles. The van der Waals surface area contributed by atoms with Gasteiger partial charge in [0.05, 0.1) is 6.54 Å². The van der Waals surface area contributed by atoms with Crippen LogP contribution in [0.15, 0.2) is 0 Å². The molecule has 1 amide bonds. The smallest absolute Gasteiger partial charge is 0.253 e. The van der Waals surface area contributed by atoms with Crippen LogP contribution in [0.4, 0.5) is 23.2 Å². The Balaban J connectivity index is 1.61. The van der Waals surface area contributed by atoms with Gasteiger partial charge in [0.25, 0.3) is 11.9 Å². The van der Waals surface area contributed by atoms with Crippen molar-refractivity contribution >= 4 is 11.6 Å². The van der Waals surface area contributed by atoms with E-state index in [0.29, 0.717) is 13.1 Å². The lowest BCUT2D eigenvalue weighted by Gasteiger charge is -2.35. The first-order chi connectivity index (χ1) is 11.0. The molecule has 2 heterocycles. The fourth-order valence-electron chi connectivity index (χ4n) is 2.59. The van der Waals surface area contributed by atoms with Crippen LogP contribution in [0.5, 0.6) is 0 Å². The van der Waals surface area contributed by atoms with Crippen LogP contribution in [0.2, 0.25) is 0 Å². The minimum absolute atomic E-state index is 0.0840. The van der Waals surface area contributed by atoms with Gasteiger partial charge < -0.3 is 10.2 Å². The number of hydrogen-bond acceptors (Lipinski definition) is 4. The lowest BCUT2D eigenvalue weighted by atomic mass is 10.2. The van der Waals surface area contributed by atoms with Gasteiger partial charge in [-0.1, -0.05) is 0 Å². The van der Waals surface area contributed by atoms with Gasteiger partial charge >= 0.3 is 0 Å². The first-order valence-electron chi connectivity index (χ1n) is 7.42. The van der Waals surface area contributed by atoms with Crippen molar-refractivity contribution in [2.45, 2.75) is 18.9 Å². The molecule has 1 aliphatic heterocycles. The Bertz CT molecular complexity index is 589. The second-order valence-electron chi connectivity index (χ2n) is 5.77. The van der Waals surface area contributed by atoms with Gasteiger partial charge in [0.2, 0.25) is 17.5 Å². The maximum absolute atomic E-state index is 13.7. The molecule has 5 nitrogen and oxygen atoms in total. The van der Waals surface area contributed by atoms with Crippen molar-refractivity contribution in [1.29, 1.82) is 0 Å². The van der Waals surface area contributed by atoms with E-state index in [1.165, 1.54) is 4.90 Å². The zero-order valence-corrected chi connectivity index (χ0v) is 12.3. The van der Waals surface area contributed by atoms with Crippen LogP contribution < -0.4 is 10.2 Å². The van der Waals surface area contributed by atoms with Gasteiger partial charge in [-0.2, -0.15) is 22.5 Å². The van der Waals surface area contributed by atoms with E-state index in [1.807, 2.05) is 4.90 Å². The average molecular weight is 332 g/mol. The van der Waals surface area contributed by atoms with Crippen molar-refractivity contribution in [2.75, 3.05) is 37.6 Å². The molecule has 0 unspecified atom stereocenters. The molecule has 1 aromatic heterocycles. The SMILES string of the molecule is O=C(CN1CCN(c2c(F)c(F)nc(F)c2F)CC1)NC1CC1. The van der Waals surface area contributed by atoms with E-state index in [9.17, 15) is 22.4 Å². The summed E-state index contributed by atoms with van der Waals surface area (Å²) in [4.78, 5) is 17.3. The van der Waals surface area contributed by atoms with Crippen LogP contribution in [0.1, 0.15) is 12.8 Å². The third-order valence-corrected chi connectivity index (χ3v) is 3.97. The van der Waals surface area contributed by atoms with Crippen LogP contribution in [0.3, 0.4) is 0 Å². The minimum Gasteiger partial charge on any atom is -0.364 e. The molecule has 1 saturated carbocycles. The summed E-state index contributed by atoms with van der Waals surface area (Å²) in [5.41, 5.74) is -0.739. The normalized spacial score (nSPS) is 19.0. The number of carbonyl (C=O) groups is 1. The number of piperazine rings is 1. The van der Waals surface area contributed by atoms with Gasteiger partial charge in [-0.3, -0.25) is 9.69 Å². The third-order valence-electron chi connectivity index (χ3n) is 3.97. The van der Waals surface area contributed by atoms with Gasteiger partial charge in [-0.05, 0) is 12.8 Å². The number of carbonyl (C=O) groups excluding carboxylic acids is 1. The summed E-state index contributed by atoms with van der Waals surface area (Å²) in [6, 6.07) is 0.273. The lowest BCUT2D eigenvalue weighted by Crippen LogP contribution is -2.50. The number of rotatable bonds is 4. The maximum Gasteiger partial charge on any atom is 0.253 e. The van der Waals surface area contributed by atoms with E-state index in [-0.39, 0.29) is 31.6 Å². The lowest BCUT2D eigenvalue weighted by molar-refractivity contribution is -0.122. The van der Waals surface area contributed by atoms with Crippen LogP contribution in [-0.4, -0.2) is 54.6 Å². The predicted octanol–water partition coefficient (Wildman–Crippen LogP) is 1.04. The van der Waals surface area contributed by atoms with Crippen molar-refractivity contribution in [1.82, 2.24) is 15.2 Å². The number of amides is 1. The standard InChI is InChI=1S/C14H16F4N4O/c15-10-12(11(16)14(18)20-13(10)17)22-5-3-21(4-6-22)7-9(23)19-8-1-2-8/h8H,1-7H2,(H,19,23). The largest absolute Gasteiger partial charge is 0.364 e. The summed E-state index contributed by atoms with van der Waals surface area (Å²) in [7, 11) is 0. The van der Waals surface area contributed by atoms with Gasteiger partial charge in [0.15, 0.2) is 0 Å². The fourth-order valence-corrected chi connectivity index (χ4v) is 2.59. The number of nitrogens with zero attached hydrogens (tertiary/aromatic N) is 3. The number of pyridine rings is 1. The third kappa shape index (κ3) is 3.54. The number of halogens is 4. The Labute approximate surface area is 130 Å². The van der Waals surface area contributed by atoms with E-state index in [1.54, 1.807) is 0 Å². The number of anilines is 1. The molecule has 0 bridgehead atoms. The predicted molar refractivity (Wildman–Crippen MR) is 73.9 cm³/mol. The van der Waals surface area contributed by atoms with Crippen LogP contribution in [-0.2, 0) is 4.79 Å². The zero-order valence-electron chi connectivity index (χ0n) is 12.3. The molecule has 0 spiro atoms. The van der Waals surface area contributed by atoms with E-state index >= 15 is 0 Å². The summed E-state index contributed by atoms with van der Waals surface area (Å²) in [6.45, 7) is 1.25. The molecule has 9 heteroatoms. The van der Waals surface area contributed by atoms with Crippen molar-refractivity contribution in [3.8, 4) is 0 Å². The highest BCUT2D eigenvalue weighted by Crippen LogP contribution is 2.27. The zero-order chi connectivity index (χ0) is 16.6. The van der Waals surface area contributed by atoms with Gasteiger partial charge in [-0.15, -0.1) is 0 Å². The molecule has 0 atom stereocenters. The van der Waals surface area contributed by atoms with Crippen molar-refractivity contribution < 1.29 is 22.4 Å². The van der Waals surface area contributed by atoms with Crippen LogP contribution in [0.25, 0.3) is 0 Å². The van der Waals surface area contributed by atoms with Gasteiger partial charge in [0.1, 0.15) is 5.69 Å². The van der Waals surface area contributed by atoms with Gasteiger partial charge in [0, 0.05) is 32.2 Å². The Kier molecular flexibility index (Phi) is 4.38. The molecular weight excluding hydrogens is 316 g/mol. The molecule has 1 N–H and O–H groups in total. The molecule has 0 radical (unpaired) electrons. The monoisotopic (exact) mass is 332 g/mol. The molecule has 2 aliphatic rings. The highest BCUT2D eigenvalue weighted by atomic mass is 19.2. The molecule has 1 aromatic rings. The van der Waals surface area contributed by atoms with E-state index in [4.69, 9.17) is 0 Å². The Morgan fingerprint density at radius 1 is 1.04 bits per heavy atom. The van der Waals surface area contributed by atoms with Gasteiger partial charge in [-0.25, -0.2) is 0 Å². The topological polar surface area (TPSA) is 48.5 Å². The Morgan fingerprint density at radius 2 is 1.61 bits per heavy atom. The quantitative estimate of drug-likeness (QED) is 0.661. The Hall–Kier alpha value is -1.90. The van der Waals surface area contributed by atoms with Crippen LogP contribution >= 0.6 is 0 Å². The van der Waals surface area contributed by atoms with E-state index < -0.39 is 29.2 Å². The van der Waals surface area contributed by atoms with Crippen molar-refractivity contribution in [2.24, 2.45) is 0 Å². The Morgan fingerprint density at radius 3 is 2.13 bits per heavy atom. The maximum atomic E-state index is 13.7. The van der Waals surface area contributed by atoms with E-state index in [0.717, 1.165) is 12.8 Å². The second kappa shape index (κ2) is 6.31. The van der Waals surface area contributed by atoms with Crippen LogP contribution in [0, 0.1) is 23.5 Å². The molecule has 1 aliphatic carbocycles. The van der Waals surface area contributed by atoms with Crippen molar-refractivity contribution in [3.05, 3.63) is 23.5 Å². The molecule has 126 valence electrons. The highest BCUT2D eigenvalue weighted by Gasteiger charge is 2.29. The summed E-state index contributed by atoms with van der Waals surface area (Å²) in [5.74, 6) is -6.40. The number of hydrogen-bond donors (Lipinski definition) is 1. The average Bonchev–Trinajstić information content (AvgIpc) is 3.31. The highest BCUT2D eigenvalue weighted by molar-refractivity contribution is 5.78. The molecule has 2 fully saturated rings. The molecule has 3 rings (SSSR count). The first kappa shape index (κ1) is 16.0. The minimum atomic E-state index is -1.66. The number of nitrogens with one attached hydrogen (secondary N) is 1. The number of aromatic nitrogens is 1. The summed E-state index contributed by atoms with van der Waals surface area (Å²) in [5, 5.41) is 2.86. The fraction of sp³-hybridized carbons (Fsp3) is 0.571.